The fourth-order valence-corrected chi connectivity index (χ4v) is 3.51. The molecule has 28 heavy (non-hydrogen) atoms. The van der Waals surface area contributed by atoms with Gasteiger partial charge < -0.3 is 14.5 Å². The summed E-state index contributed by atoms with van der Waals surface area (Å²) >= 11 is 0. The molecule has 1 N–H and O–H groups in total. The van der Waals surface area contributed by atoms with Crippen molar-refractivity contribution in [1.82, 2.24) is 25.1 Å². The van der Waals surface area contributed by atoms with Crippen LogP contribution in [0, 0.1) is 0 Å². The zero-order valence-corrected chi connectivity index (χ0v) is 16.1. The number of benzene rings is 1. The number of fused-ring (bicyclic) bond motifs is 1. The highest BCUT2D eigenvalue weighted by atomic mass is 16.5. The predicted octanol–water partition coefficient (Wildman–Crippen LogP) is 2.14. The van der Waals surface area contributed by atoms with Crippen molar-refractivity contribution in [2.24, 2.45) is 0 Å². The number of methoxy groups -OCH3 is 1. The van der Waals surface area contributed by atoms with E-state index in [1.54, 1.807) is 19.6 Å². The Bertz CT molecular complexity index is 1010. The van der Waals surface area contributed by atoms with Crippen LogP contribution in [-0.2, 0) is 13.0 Å². The minimum atomic E-state index is -0.0674. The first kappa shape index (κ1) is 18.0. The van der Waals surface area contributed by atoms with Gasteiger partial charge in [0.25, 0.3) is 5.91 Å². The molecule has 0 bridgehead atoms. The minimum Gasteiger partial charge on any atom is -0.497 e. The molecule has 3 aromatic rings. The van der Waals surface area contributed by atoms with Crippen LogP contribution in [0.15, 0.2) is 36.8 Å². The van der Waals surface area contributed by atoms with Gasteiger partial charge in [-0.1, -0.05) is 12.1 Å². The molecular weight excluding hydrogens is 356 g/mol. The molecule has 1 aliphatic heterocycles. The molecule has 2 aromatic heterocycles. The molecule has 1 amide bonds. The molecule has 0 radical (unpaired) electrons. The highest BCUT2D eigenvalue weighted by molar-refractivity contribution is 6.00. The van der Waals surface area contributed by atoms with Crippen molar-refractivity contribution in [3.05, 3.63) is 53.6 Å². The van der Waals surface area contributed by atoms with E-state index in [0.29, 0.717) is 24.3 Å². The van der Waals surface area contributed by atoms with Gasteiger partial charge in [0.15, 0.2) is 0 Å². The second kappa shape index (κ2) is 7.30. The van der Waals surface area contributed by atoms with E-state index < -0.39 is 0 Å². The van der Waals surface area contributed by atoms with Gasteiger partial charge in [-0.2, -0.15) is 5.10 Å². The molecule has 0 unspecified atom stereocenters. The number of aromatic nitrogens is 4. The van der Waals surface area contributed by atoms with Crippen molar-refractivity contribution in [3.8, 4) is 17.0 Å². The van der Waals surface area contributed by atoms with Gasteiger partial charge in [0, 0.05) is 31.8 Å². The number of hydrogen-bond donors (Lipinski definition) is 1. The van der Waals surface area contributed by atoms with Crippen molar-refractivity contribution >= 4 is 11.7 Å². The highest BCUT2D eigenvalue weighted by Crippen LogP contribution is 2.28. The Balaban J connectivity index is 1.62. The van der Waals surface area contributed by atoms with E-state index in [9.17, 15) is 4.79 Å². The van der Waals surface area contributed by atoms with Crippen LogP contribution in [0.2, 0.25) is 0 Å². The van der Waals surface area contributed by atoms with Crippen molar-refractivity contribution in [2.45, 2.75) is 13.0 Å². The van der Waals surface area contributed by atoms with Gasteiger partial charge >= 0.3 is 0 Å². The van der Waals surface area contributed by atoms with Crippen LogP contribution < -0.4 is 9.64 Å². The number of ether oxygens (including phenoxy) is 1. The minimum absolute atomic E-state index is 0.0674. The smallest absolute Gasteiger partial charge is 0.258 e. The summed E-state index contributed by atoms with van der Waals surface area (Å²) in [4.78, 5) is 25.8. The quantitative estimate of drug-likeness (QED) is 0.748. The fourth-order valence-electron chi connectivity index (χ4n) is 3.51. The lowest BCUT2D eigenvalue weighted by Gasteiger charge is -2.30. The standard InChI is InChI=1S/C20H22N6O2/c1-25(2)19-15-7-8-26(11-17(15)21-12-22-19)20(27)16-10-23-24-18(16)13-5-4-6-14(9-13)28-3/h4-6,9-10,12H,7-8,11H2,1-3H3,(H,23,24). The number of hydrogen-bond acceptors (Lipinski definition) is 6. The van der Waals surface area contributed by atoms with Gasteiger partial charge in [-0.15, -0.1) is 0 Å². The fraction of sp³-hybridized carbons (Fsp3) is 0.300. The molecule has 0 aliphatic carbocycles. The van der Waals surface area contributed by atoms with Gasteiger partial charge in [-0.25, -0.2) is 9.97 Å². The monoisotopic (exact) mass is 378 g/mol. The first-order valence-corrected chi connectivity index (χ1v) is 9.05. The molecule has 1 aliphatic rings. The van der Waals surface area contributed by atoms with E-state index in [4.69, 9.17) is 4.74 Å². The first-order valence-electron chi connectivity index (χ1n) is 9.05. The van der Waals surface area contributed by atoms with Crippen molar-refractivity contribution < 1.29 is 9.53 Å². The molecule has 8 nitrogen and oxygen atoms in total. The van der Waals surface area contributed by atoms with Crippen LogP contribution in [0.3, 0.4) is 0 Å². The van der Waals surface area contributed by atoms with Crippen LogP contribution in [-0.4, -0.2) is 58.7 Å². The van der Waals surface area contributed by atoms with Crippen LogP contribution in [0.5, 0.6) is 5.75 Å². The molecule has 0 atom stereocenters. The van der Waals surface area contributed by atoms with Crippen molar-refractivity contribution in [1.29, 1.82) is 0 Å². The summed E-state index contributed by atoms with van der Waals surface area (Å²) < 4.78 is 5.29. The third-order valence-electron chi connectivity index (χ3n) is 4.92. The zero-order valence-electron chi connectivity index (χ0n) is 16.1. The maximum absolute atomic E-state index is 13.2. The summed E-state index contributed by atoms with van der Waals surface area (Å²) in [5.41, 5.74) is 4.08. The highest BCUT2D eigenvalue weighted by Gasteiger charge is 2.27. The third kappa shape index (κ3) is 3.17. The molecule has 3 heterocycles. The summed E-state index contributed by atoms with van der Waals surface area (Å²) in [5.74, 6) is 1.57. The number of carbonyl (C=O) groups excluding carboxylic acids is 1. The van der Waals surface area contributed by atoms with Gasteiger partial charge in [0.05, 0.1) is 36.8 Å². The maximum Gasteiger partial charge on any atom is 0.258 e. The SMILES string of the molecule is COc1cccc(-c2[nH]ncc2C(=O)N2CCc3c(ncnc3N(C)C)C2)c1. The first-order chi connectivity index (χ1) is 13.6. The van der Waals surface area contributed by atoms with Crippen LogP contribution in [0.4, 0.5) is 5.82 Å². The summed E-state index contributed by atoms with van der Waals surface area (Å²) in [5, 5.41) is 7.06. The molecule has 1 aromatic carbocycles. The lowest BCUT2D eigenvalue weighted by molar-refractivity contribution is 0.0732. The van der Waals surface area contributed by atoms with Crippen LogP contribution in [0.1, 0.15) is 21.6 Å². The molecule has 4 rings (SSSR count). The second-order valence-electron chi connectivity index (χ2n) is 6.88. The van der Waals surface area contributed by atoms with Crippen molar-refractivity contribution in [3.63, 3.8) is 0 Å². The second-order valence-corrected chi connectivity index (χ2v) is 6.88. The lowest BCUT2D eigenvalue weighted by Crippen LogP contribution is -2.37. The lowest BCUT2D eigenvalue weighted by atomic mass is 10.0. The van der Waals surface area contributed by atoms with Gasteiger partial charge in [0.2, 0.25) is 0 Å². The normalized spacial score (nSPS) is 13.2. The van der Waals surface area contributed by atoms with E-state index in [-0.39, 0.29) is 5.91 Å². The van der Waals surface area contributed by atoms with Crippen LogP contribution in [0.25, 0.3) is 11.3 Å². The van der Waals surface area contributed by atoms with Gasteiger partial charge in [0.1, 0.15) is 17.9 Å². The number of nitrogens with one attached hydrogen (secondary N) is 1. The van der Waals surface area contributed by atoms with E-state index >= 15 is 0 Å². The van der Waals surface area contributed by atoms with E-state index in [1.165, 1.54) is 0 Å². The molecule has 0 saturated heterocycles. The summed E-state index contributed by atoms with van der Waals surface area (Å²) in [6.07, 6.45) is 3.86. The number of carbonyl (C=O) groups is 1. The molecule has 0 fully saturated rings. The maximum atomic E-state index is 13.2. The average Bonchev–Trinajstić information content (AvgIpc) is 3.22. The van der Waals surface area contributed by atoms with Gasteiger partial charge in [-0.3, -0.25) is 9.89 Å². The third-order valence-corrected chi connectivity index (χ3v) is 4.92. The summed E-state index contributed by atoms with van der Waals surface area (Å²) in [6, 6.07) is 7.56. The Kier molecular flexibility index (Phi) is 4.68. The number of aromatic amines is 1. The van der Waals surface area contributed by atoms with E-state index in [0.717, 1.165) is 34.8 Å². The Morgan fingerprint density at radius 2 is 2.14 bits per heavy atom. The van der Waals surface area contributed by atoms with E-state index in [2.05, 4.69) is 20.2 Å². The van der Waals surface area contributed by atoms with E-state index in [1.807, 2.05) is 48.2 Å². The average molecular weight is 378 g/mol. The summed E-state index contributed by atoms with van der Waals surface area (Å²) in [7, 11) is 5.55. The zero-order chi connectivity index (χ0) is 19.7. The Hall–Kier alpha value is -3.42. The molecule has 0 saturated carbocycles. The molecule has 0 spiro atoms. The largest absolute Gasteiger partial charge is 0.497 e. The predicted molar refractivity (Wildman–Crippen MR) is 105 cm³/mol. The number of amides is 1. The topological polar surface area (TPSA) is 87.2 Å². The number of rotatable bonds is 4. The Morgan fingerprint density at radius 1 is 1.29 bits per heavy atom. The Morgan fingerprint density at radius 3 is 2.93 bits per heavy atom. The summed E-state index contributed by atoms with van der Waals surface area (Å²) in [6.45, 7) is 1.07. The Labute approximate surface area is 163 Å². The van der Waals surface area contributed by atoms with Crippen molar-refractivity contribution in [2.75, 3.05) is 32.6 Å². The van der Waals surface area contributed by atoms with Crippen LogP contribution >= 0.6 is 0 Å². The van der Waals surface area contributed by atoms with Gasteiger partial charge in [-0.05, 0) is 18.6 Å². The molecular formula is C20H22N6O2. The number of nitrogens with zero attached hydrogens (tertiary/aromatic N) is 5. The number of anilines is 1. The molecule has 8 heteroatoms. The molecule has 144 valence electrons. The number of H-pyrrole nitrogens is 1.